The highest BCUT2D eigenvalue weighted by molar-refractivity contribution is 14.1. The third-order valence-electron chi connectivity index (χ3n) is 3.29. The predicted molar refractivity (Wildman–Crippen MR) is 80.7 cm³/mol. The summed E-state index contributed by atoms with van der Waals surface area (Å²) in [5.74, 6) is 1.71. The summed E-state index contributed by atoms with van der Waals surface area (Å²) in [4.78, 5) is 0. The molecule has 0 aliphatic heterocycles. The minimum Gasteiger partial charge on any atom is -0.466 e. The number of halogens is 1. The van der Waals surface area contributed by atoms with E-state index in [0.29, 0.717) is 6.42 Å². The van der Waals surface area contributed by atoms with Gasteiger partial charge >= 0.3 is 0 Å². The van der Waals surface area contributed by atoms with Gasteiger partial charge in [0, 0.05) is 15.6 Å². The molecule has 1 aromatic heterocycles. The van der Waals surface area contributed by atoms with Crippen LogP contribution in [0.25, 0.3) is 0 Å². The number of furan rings is 1. The standard InChI is InChI=1S/C15H17IO2/c1-9-10(2)18-11(3)15(9)14(17)8-12-4-6-13(16)7-5-12/h4-7,14,17H,8H2,1-3H3. The summed E-state index contributed by atoms with van der Waals surface area (Å²) < 4.78 is 6.77. The minimum atomic E-state index is -0.498. The summed E-state index contributed by atoms with van der Waals surface area (Å²) in [5.41, 5.74) is 3.14. The highest BCUT2D eigenvalue weighted by Crippen LogP contribution is 2.29. The van der Waals surface area contributed by atoms with Crippen molar-refractivity contribution < 1.29 is 9.52 Å². The smallest absolute Gasteiger partial charge is 0.107 e. The average molecular weight is 356 g/mol. The number of hydrogen-bond donors (Lipinski definition) is 1. The summed E-state index contributed by atoms with van der Waals surface area (Å²) in [5, 5.41) is 10.4. The summed E-state index contributed by atoms with van der Waals surface area (Å²) >= 11 is 2.28. The van der Waals surface area contributed by atoms with E-state index < -0.39 is 6.10 Å². The lowest BCUT2D eigenvalue weighted by atomic mass is 9.98. The predicted octanol–water partition coefficient (Wildman–Crippen LogP) is 4.09. The van der Waals surface area contributed by atoms with E-state index in [2.05, 4.69) is 46.9 Å². The Labute approximate surface area is 121 Å². The molecule has 1 heterocycles. The van der Waals surface area contributed by atoms with Crippen molar-refractivity contribution >= 4 is 22.6 Å². The van der Waals surface area contributed by atoms with Crippen LogP contribution >= 0.6 is 22.6 Å². The van der Waals surface area contributed by atoms with Gasteiger partial charge in [-0.3, -0.25) is 0 Å². The van der Waals surface area contributed by atoms with Crippen LogP contribution in [-0.4, -0.2) is 5.11 Å². The van der Waals surface area contributed by atoms with Gasteiger partial charge < -0.3 is 9.52 Å². The van der Waals surface area contributed by atoms with E-state index in [0.717, 1.165) is 28.2 Å². The third kappa shape index (κ3) is 2.78. The first kappa shape index (κ1) is 13.6. The van der Waals surface area contributed by atoms with E-state index in [9.17, 15) is 5.11 Å². The molecule has 1 aromatic carbocycles. The van der Waals surface area contributed by atoms with Crippen molar-refractivity contribution in [3.8, 4) is 0 Å². The Morgan fingerprint density at radius 1 is 1.11 bits per heavy atom. The quantitative estimate of drug-likeness (QED) is 0.841. The van der Waals surface area contributed by atoms with Gasteiger partial charge in [-0.1, -0.05) is 12.1 Å². The van der Waals surface area contributed by atoms with Crippen molar-refractivity contribution in [3.05, 3.63) is 56.0 Å². The zero-order valence-electron chi connectivity index (χ0n) is 10.8. The maximum Gasteiger partial charge on any atom is 0.107 e. The molecule has 0 aliphatic carbocycles. The number of aliphatic hydroxyl groups is 1. The topological polar surface area (TPSA) is 33.4 Å². The first-order chi connectivity index (χ1) is 8.49. The monoisotopic (exact) mass is 356 g/mol. The van der Waals surface area contributed by atoms with Gasteiger partial charge in [-0.15, -0.1) is 0 Å². The second kappa shape index (κ2) is 5.45. The fourth-order valence-corrected chi connectivity index (χ4v) is 2.60. The molecule has 1 atom stereocenters. The number of benzene rings is 1. The number of aryl methyl sites for hydroxylation is 2. The molecule has 18 heavy (non-hydrogen) atoms. The summed E-state index contributed by atoms with van der Waals surface area (Å²) in [6.07, 6.45) is 0.125. The molecule has 0 radical (unpaired) electrons. The van der Waals surface area contributed by atoms with Gasteiger partial charge in [0.2, 0.25) is 0 Å². The Bertz CT molecular complexity index is 540. The van der Waals surface area contributed by atoms with E-state index in [1.807, 2.05) is 20.8 Å². The number of rotatable bonds is 3. The van der Waals surface area contributed by atoms with Crippen LogP contribution in [0.4, 0.5) is 0 Å². The molecule has 0 amide bonds. The maximum atomic E-state index is 10.4. The second-order valence-electron chi connectivity index (χ2n) is 4.60. The highest BCUT2D eigenvalue weighted by atomic mass is 127. The molecule has 2 nitrogen and oxygen atoms in total. The first-order valence-electron chi connectivity index (χ1n) is 5.98. The Morgan fingerprint density at radius 3 is 2.22 bits per heavy atom. The van der Waals surface area contributed by atoms with Crippen molar-refractivity contribution in [2.45, 2.75) is 33.3 Å². The third-order valence-corrected chi connectivity index (χ3v) is 4.01. The molecular weight excluding hydrogens is 339 g/mol. The molecule has 0 aliphatic rings. The molecule has 0 fully saturated rings. The van der Waals surface area contributed by atoms with Gasteiger partial charge in [0.1, 0.15) is 11.5 Å². The van der Waals surface area contributed by atoms with Crippen molar-refractivity contribution in [2.24, 2.45) is 0 Å². The Hall–Kier alpha value is -0.810. The fraction of sp³-hybridized carbons (Fsp3) is 0.333. The van der Waals surface area contributed by atoms with Crippen LogP contribution in [0.2, 0.25) is 0 Å². The van der Waals surface area contributed by atoms with Crippen LogP contribution in [0.5, 0.6) is 0 Å². The molecule has 0 saturated carbocycles. The molecule has 0 bridgehead atoms. The lowest BCUT2D eigenvalue weighted by Gasteiger charge is -2.11. The molecule has 1 unspecified atom stereocenters. The van der Waals surface area contributed by atoms with Crippen molar-refractivity contribution in [1.82, 2.24) is 0 Å². The van der Waals surface area contributed by atoms with Crippen LogP contribution in [-0.2, 0) is 6.42 Å². The first-order valence-corrected chi connectivity index (χ1v) is 7.06. The van der Waals surface area contributed by atoms with Crippen LogP contribution in [0.15, 0.2) is 28.7 Å². The van der Waals surface area contributed by atoms with E-state index in [1.54, 1.807) is 0 Å². The molecule has 96 valence electrons. The molecule has 1 N–H and O–H groups in total. The van der Waals surface area contributed by atoms with E-state index >= 15 is 0 Å². The minimum absolute atomic E-state index is 0.498. The lowest BCUT2D eigenvalue weighted by molar-refractivity contribution is 0.176. The van der Waals surface area contributed by atoms with E-state index in [1.165, 1.54) is 3.57 Å². The molecule has 3 heteroatoms. The molecule has 0 spiro atoms. The zero-order chi connectivity index (χ0) is 13.3. The summed E-state index contributed by atoms with van der Waals surface area (Å²) in [6.45, 7) is 5.84. The Morgan fingerprint density at radius 2 is 1.72 bits per heavy atom. The number of aliphatic hydroxyl groups excluding tert-OH is 1. The van der Waals surface area contributed by atoms with Gasteiger partial charge in [-0.25, -0.2) is 0 Å². The van der Waals surface area contributed by atoms with Crippen LogP contribution < -0.4 is 0 Å². The molecule has 2 aromatic rings. The lowest BCUT2D eigenvalue weighted by Crippen LogP contribution is -2.04. The Balaban J connectivity index is 2.21. The number of hydrogen-bond acceptors (Lipinski definition) is 2. The van der Waals surface area contributed by atoms with Crippen LogP contribution in [0.3, 0.4) is 0 Å². The van der Waals surface area contributed by atoms with Crippen molar-refractivity contribution in [3.63, 3.8) is 0 Å². The zero-order valence-corrected chi connectivity index (χ0v) is 13.0. The highest BCUT2D eigenvalue weighted by Gasteiger charge is 2.19. The van der Waals surface area contributed by atoms with E-state index in [-0.39, 0.29) is 0 Å². The average Bonchev–Trinajstić information content (AvgIpc) is 2.56. The summed E-state index contributed by atoms with van der Waals surface area (Å²) in [6, 6.07) is 8.23. The van der Waals surface area contributed by atoms with Gasteiger partial charge in [-0.05, 0) is 66.6 Å². The van der Waals surface area contributed by atoms with Crippen LogP contribution in [0, 0.1) is 24.3 Å². The van der Waals surface area contributed by atoms with Crippen molar-refractivity contribution in [1.29, 1.82) is 0 Å². The van der Waals surface area contributed by atoms with Gasteiger partial charge in [0.25, 0.3) is 0 Å². The van der Waals surface area contributed by atoms with Crippen LogP contribution in [0.1, 0.15) is 34.3 Å². The molecule has 0 saturated heterocycles. The molecular formula is C15H17IO2. The van der Waals surface area contributed by atoms with Gasteiger partial charge in [0.05, 0.1) is 6.10 Å². The SMILES string of the molecule is Cc1oc(C)c(C(O)Cc2ccc(I)cc2)c1C. The largest absolute Gasteiger partial charge is 0.466 e. The second-order valence-corrected chi connectivity index (χ2v) is 5.85. The van der Waals surface area contributed by atoms with Gasteiger partial charge in [-0.2, -0.15) is 0 Å². The van der Waals surface area contributed by atoms with Crippen molar-refractivity contribution in [2.75, 3.05) is 0 Å². The Kier molecular flexibility index (Phi) is 4.12. The summed E-state index contributed by atoms with van der Waals surface area (Å²) in [7, 11) is 0. The maximum absolute atomic E-state index is 10.4. The van der Waals surface area contributed by atoms with Gasteiger partial charge in [0.15, 0.2) is 0 Å². The fourth-order valence-electron chi connectivity index (χ4n) is 2.25. The van der Waals surface area contributed by atoms with E-state index in [4.69, 9.17) is 4.42 Å². The molecule has 2 rings (SSSR count). The normalized spacial score (nSPS) is 12.7.